The number of methoxy groups -OCH3 is 4. The van der Waals surface area contributed by atoms with Crippen molar-refractivity contribution >= 4 is 11.9 Å². The molecule has 0 aliphatic carbocycles. The Morgan fingerprint density at radius 1 is 0.944 bits per heavy atom. The second kappa shape index (κ2) is 9.83. The van der Waals surface area contributed by atoms with Crippen LogP contribution in [0.25, 0.3) is 6.08 Å². The lowest BCUT2D eigenvalue weighted by Crippen LogP contribution is -2.31. The largest absolute Gasteiger partial charge is 0.497 e. The molecule has 2 aliphatic heterocycles. The van der Waals surface area contributed by atoms with Gasteiger partial charge in [0, 0.05) is 13.1 Å². The maximum absolute atomic E-state index is 13.1. The highest BCUT2D eigenvalue weighted by atomic mass is 16.5. The van der Waals surface area contributed by atoms with Gasteiger partial charge in [0.2, 0.25) is 11.5 Å². The molecule has 0 spiro atoms. The van der Waals surface area contributed by atoms with E-state index in [2.05, 4.69) is 4.90 Å². The molecule has 8 nitrogen and oxygen atoms in total. The first-order valence-electron chi connectivity index (χ1n) is 11.4. The zero-order valence-electron chi connectivity index (χ0n) is 20.6. The Hall–Kier alpha value is -4.17. The summed E-state index contributed by atoms with van der Waals surface area (Å²) in [5.74, 6) is 3.81. The van der Waals surface area contributed by atoms with Gasteiger partial charge in [-0.3, -0.25) is 9.69 Å². The smallest absolute Gasteiger partial charge is 0.231 e. The minimum absolute atomic E-state index is 0.155. The van der Waals surface area contributed by atoms with Gasteiger partial charge in [-0.15, -0.1) is 0 Å². The molecule has 5 rings (SSSR count). The van der Waals surface area contributed by atoms with Crippen LogP contribution in [0.1, 0.15) is 27.0 Å². The van der Waals surface area contributed by atoms with E-state index in [0.29, 0.717) is 59.9 Å². The SMILES string of the molecule is COc1cccc(/C=C2\Oc3c(ccc4c3CN(Cc3cc(OC)c(OC)c(OC)c3)CO4)C2=O)c1. The summed E-state index contributed by atoms with van der Waals surface area (Å²) >= 11 is 0. The van der Waals surface area contributed by atoms with Crippen LogP contribution in [0.5, 0.6) is 34.5 Å². The molecule has 3 aromatic rings. The highest BCUT2D eigenvalue weighted by molar-refractivity contribution is 6.15. The average Bonchev–Trinajstić information content (AvgIpc) is 3.23. The van der Waals surface area contributed by atoms with Gasteiger partial charge in [-0.25, -0.2) is 0 Å². The third-order valence-electron chi connectivity index (χ3n) is 6.20. The summed E-state index contributed by atoms with van der Waals surface area (Å²) in [6, 6.07) is 14.9. The van der Waals surface area contributed by atoms with Crippen molar-refractivity contribution in [1.82, 2.24) is 4.90 Å². The van der Waals surface area contributed by atoms with Gasteiger partial charge in [-0.1, -0.05) is 12.1 Å². The van der Waals surface area contributed by atoms with Gasteiger partial charge in [-0.2, -0.15) is 0 Å². The fourth-order valence-electron chi connectivity index (χ4n) is 4.47. The number of hydrogen-bond donors (Lipinski definition) is 0. The molecule has 0 unspecified atom stereocenters. The van der Waals surface area contributed by atoms with Crippen LogP contribution in [0.4, 0.5) is 0 Å². The molecule has 0 atom stereocenters. The first-order chi connectivity index (χ1) is 17.5. The van der Waals surface area contributed by atoms with Crippen LogP contribution in [-0.2, 0) is 13.1 Å². The number of allylic oxidation sites excluding steroid dienone is 1. The van der Waals surface area contributed by atoms with Crippen LogP contribution in [-0.4, -0.2) is 45.9 Å². The Morgan fingerprint density at radius 3 is 2.42 bits per heavy atom. The molecular weight excluding hydrogens is 462 g/mol. The predicted octanol–water partition coefficient (Wildman–Crippen LogP) is 4.69. The third-order valence-corrected chi connectivity index (χ3v) is 6.20. The molecule has 0 N–H and O–H groups in total. The number of ketones is 1. The number of ether oxygens (including phenoxy) is 6. The van der Waals surface area contributed by atoms with Crippen LogP contribution in [0, 0.1) is 0 Å². The molecule has 0 saturated heterocycles. The Bertz CT molecular complexity index is 1320. The molecule has 2 aliphatic rings. The fraction of sp³-hybridized carbons (Fsp3) is 0.250. The Morgan fingerprint density at radius 2 is 1.72 bits per heavy atom. The predicted molar refractivity (Wildman–Crippen MR) is 133 cm³/mol. The van der Waals surface area contributed by atoms with Crippen LogP contribution in [0.15, 0.2) is 54.3 Å². The highest BCUT2D eigenvalue weighted by Gasteiger charge is 2.33. The zero-order chi connectivity index (χ0) is 25.2. The van der Waals surface area contributed by atoms with Crippen molar-refractivity contribution in [2.24, 2.45) is 0 Å². The van der Waals surface area contributed by atoms with E-state index in [1.807, 2.05) is 42.5 Å². The summed E-state index contributed by atoms with van der Waals surface area (Å²) < 4.78 is 33.8. The number of nitrogens with zero attached hydrogens (tertiary/aromatic N) is 1. The van der Waals surface area contributed by atoms with Crippen LogP contribution in [0.3, 0.4) is 0 Å². The van der Waals surface area contributed by atoms with Crippen molar-refractivity contribution in [2.45, 2.75) is 13.1 Å². The van der Waals surface area contributed by atoms with E-state index in [9.17, 15) is 4.79 Å². The minimum atomic E-state index is -0.155. The fourth-order valence-corrected chi connectivity index (χ4v) is 4.47. The number of rotatable bonds is 7. The summed E-state index contributed by atoms with van der Waals surface area (Å²) in [7, 11) is 6.37. The Kier molecular flexibility index (Phi) is 6.43. The maximum atomic E-state index is 13.1. The second-order valence-corrected chi connectivity index (χ2v) is 8.43. The quantitative estimate of drug-likeness (QED) is 0.443. The first-order valence-corrected chi connectivity index (χ1v) is 11.4. The molecule has 0 aromatic heterocycles. The molecule has 36 heavy (non-hydrogen) atoms. The topological polar surface area (TPSA) is 75.7 Å². The summed E-state index contributed by atoms with van der Waals surface area (Å²) in [6.45, 7) is 1.51. The van der Waals surface area contributed by atoms with E-state index in [1.165, 1.54) is 0 Å². The van der Waals surface area contributed by atoms with Gasteiger partial charge < -0.3 is 28.4 Å². The van der Waals surface area contributed by atoms with E-state index in [4.69, 9.17) is 28.4 Å². The van der Waals surface area contributed by atoms with Gasteiger partial charge in [0.15, 0.2) is 17.3 Å². The lowest BCUT2D eigenvalue weighted by molar-refractivity contribution is 0.0871. The van der Waals surface area contributed by atoms with Crippen molar-refractivity contribution in [3.63, 3.8) is 0 Å². The molecule has 0 radical (unpaired) electrons. The van der Waals surface area contributed by atoms with Gasteiger partial charge >= 0.3 is 0 Å². The standard InChI is InChI=1S/C28H27NO7/c1-31-19-7-5-6-17(10-19)11-23-26(30)20-8-9-22-21(27(20)36-23)15-29(16-35-22)14-18-12-24(32-2)28(34-4)25(13-18)33-3/h5-13H,14-16H2,1-4H3/b23-11-. The van der Waals surface area contributed by atoms with E-state index in [0.717, 1.165) is 16.7 Å². The number of carbonyl (C=O) groups excluding carboxylic acids is 1. The molecule has 0 fully saturated rings. The first kappa shape index (κ1) is 23.6. The molecule has 3 aromatic carbocycles. The van der Waals surface area contributed by atoms with Crippen molar-refractivity contribution in [1.29, 1.82) is 0 Å². The second-order valence-electron chi connectivity index (χ2n) is 8.43. The van der Waals surface area contributed by atoms with Crippen LogP contribution >= 0.6 is 0 Å². The zero-order valence-corrected chi connectivity index (χ0v) is 20.6. The van der Waals surface area contributed by atoms with Crippen molar-refractivity contribution in [2.75, 3.05) is 35.2 Å². The number of carbonyl (C=O) groups is 1. The molecular formula is C28H27NO7. The van der Waals surface area contributed by atoms with Crippen molar-refractivity contribution < 1.29 is 33.2 Å². The number of benzene rings is 3. The van der Waals surface area contributed by atoms with E-state index < -0.39 is 0 Å². The summed E-state index contributed by atoms with van der Waals surface area (Å²) in [5, 5.41) is 0. The molecule has 8 heteroatoms. The van der Waals surface area contributed by atoms with E-state index in [-0.39, 0.29) is 11.5 Å². The van der Waals surface area contributed by atoms with Crippen molar-refractivity contribution in [3.8, 4) is 34.5 Å². The van der Waals surface area contributed by atoms with Crippen molar-refractivity contribution in [3.05, 3.63) is 76.5 Å². The van der Waals surface area contributed by atoms with Gasteiger partial charge in [-0.05, 0) is 53.6 Å². The number of fused-ring (bicyclic) bond motifs is 3. The molecule has 186 valence electrons. The Balaban J connectivity index is 1.40. The third kappa shape index (κ3) is 4.31. The van der Waals surface area contributed by atoms with E-state index in [1.54, 1.807) is 40.6 Å². The van der Waals surface area contributed by atoms with Crippen LogP contribution < -0.4 is 28.4 Å². The lowest BCUT2D eigenvalue weighted by atomic mass is 10.0. The van der Waals surface area contributed by atoms with Crippen LogP contribution in [0.2, 0.25) is 0 Å². The normalized spacial score (nSPS) is 15.6. The number of Topliss-reactive ketones (excluding diaryl/α,β-unsaturated/α-hetero) is 1. The average molecular weight is 490 g/mol. The Labute approximate surface area is 209 Å². The monoisotopic (exact) mass is 489 g/mol. The van der Waals surface area contributed by atoms with E-state index >= 15 is 0 Å². The van der Waals surface area contributed by atoms with Gasteiger partial charge in [0.1, 0.15) is 24.0 Å². The maximum Gasteiger partial charge on any atom is 0.231 e. The number of hydrogen-bond acceptors (Lipinski definition) is 8. The molecule has 0 amide bonds. The summed E-state index contributed by atoms with van der Waals surface area (Å²) in [5.41, 5.74) is 3.16. The molecule has 0 saturated carbocycles. The molecule has 0 bridgehead atoms. The lowest BCUT2D eigenvalue weighted by Gasteiger charge is -2.30. The minimum Gasteiger partial charge on any atom is -0.497 e. The summed E-state index contributed by atoms with van der Waals surface area (Å²) in [4.78, 5) is 15.2. The van der Waals surface area contributed by atoms with Gasteiger partial charge in [0.25, 0.3) is 0 Å². The highest BCUT2D eigenvalue weighted by Crippen LogP contribution is 2.43. The van der Waals surface area contributed by atoms with Gasteiger partial charge in [0.05, 0.1) is 39.6 Å². The summed E-state index contributed by atoms with van der Waals surface area (Å²) in [6.07, 6.45) is 1.73. The molecule has 2 heterocycles.